The molecule has 0 aliphatic rings. The molecule has 0 aliphatic heterocycles. The number of nitrogens with one attached hydrogen (secondary N) is 2. The summed E-state index contributed by atoms with van der Waals surface area (Å²) in [6.45, 7) is 3.75. The van der Waals surface area contributed by atoms with Crippen LogP contribution in [-0.2, 0) is 7.05 Å². The second-order valence-corrected chi connectivity index (χ2v) is 5.93. The molecule has 1 aromatic heterocycles. The smallest absolute Gasteiger partial charge is 0.303 e. The molecule has 2 unspecified atom stereocenters. The van der Waals surface area contributed by atoms with Gasteiger partial charge in [0.05, 0.1) is 6.07 Å². The molecule has 104 valence electrons. The fourth-order valence-corrected chi connectivity index (χ4v) is 2.68. The van der Waals surface area contributed by atoms with E-state index in [1.54, 1.807) is 14.1 Å². The van der Waals surface area contributed by atoms with Crippen molar-refractivity contribution in [1.82, 2.24) is 20.1 Å². The van der Waals surface area contributed by atoms with Gasteiger partial charge >= 0.3 is 11.1 Å². The van der Waals surface area contributed by atoms with E-state index in [0.717, 1.165) is 0 Å². The number of aromatic nitrogens is 3. The fourth-order valence-electron chi connectivity index (χ4n) is 1.57. The average Bonchev–Trinajstić information content (AvgIpc) is 2.35. The maximum absolute atomic E-state index is 11.2. The molecule has 0 radical (unpaired) electrons. The van der Waals surface area contributed by atoms with E-state index in [1.807, 2.05) is 13.8 Å². The summed E-state index contributed by atoms with van der Waals surface area (Å²) in [5, 5.41) is 14.9. The molecule has 0 saturated heterocycles. The van der Waals surface area contributed by atoms with E-state index in [2.05, 4.69) is 21.5 Å². The van der Waals surface area contributed by atoms with Gasteiger partial charge in [0.2, 0.25) is 0 Å². The van der Waals surface area contributed by atoms with E-state index >= 15 is 0 Å². The third-order valence-corrected chi connectivity index (χ3v) is 3.89. The van der Waals surface area contributed by atoms with Crippen LogP contribution < -0.4 is 16.4 Å². The topological polar surface area (TPSA) is 104 Å². The Balaban J connectivity index is 2.87. The van der Waals surface area contributed by atoms with Crippen molar-refractivity contribution in [2.24, 2.45) is 7.05 Å². The Bertz CT molecular complexity index is 602. The van der Waals surface area contributed by atoms with Crippen LogP contribution in [0.3, 0.4) is 0 Å². The highest BCUT2D eigenvalue weighted by Gasteiger charge is 2.25. The third kappa shape index (κ3) is 3.94. The van der Waals surface area contributed by atoms with Gasteiger partial charge in [-0.25, -0.2) is 0 Å². The van der Waals surface area contributed by atoms with Crippen LogP contribution in [0.25, 0.3) is 0 Å². The van der Waals surface area contributed by atoms with Gasteiger partial charge in [-0.1, -0.05) is 18.7 Å². The molecule has 1 rings (SSSR count). The molecular weight excluding hydrogens is 266 g/mol. The predicted octanol–water partition coefficient (Wildman–Crippen LogP) is -0.159. The van der Waals surface area contributed by atoms with Crippen LogP contribution in [0.15, 0.2) is 14.7 Å². The van der Waals surface area contributed by atoms with Crippen molar-refractivity contribution >= 4 is 11.8 Å². The van der Waals surface area contributed by atoms with Gasteiger partial charge in [0.1, 0.15) is 5.54 Å². The summed E-state index contributed by atoms with van der Waals surface area (Å²) < 4.78 is 1.41. The molecule has 1 aromatic rings. The Morgan fingerprint density at radius 1 is 1.63 bits per heavy atom. The molecular formula is C11H17N5O2S. The van der Waals surface area contributed by atoms with Crippen LogP contribution in [0.1, 0.15) is 20.3 Å². The standard InChI is InChI=1S/C11H17N5O2S/c1-7(5-11(2,6-12)13-3)19-10-14-8(17)9(18)15-16(10)4/h7,13H,5H2,1-4H3,(H,15,18). The number of aromatic amines is 1. The Kier molecular flexibility index (Phi) is 4.91. The molecule has 1 heterocycles. The Labute approximate surface area is 115 Å². The van der Waals surface area contributed by atoms with Crippen LogP contribution in [0.4, 0.5) is 0 Å². The summed E-state index contributed by atoms with van der Waals surface area (Å²) in [6.07, 6.45) is 0.583. The monoisotopic (exact) mass is 283 g/mol. The lowest BCUT2D eigenvalue weighted by molar-refractivity contribution is 0.454. The van der Waals surface area contributed by atoms with Crippen molar-refractivity contribution in [2.45, 2.75) is 36.2 Å². The molecule has 0 spiro atoms. The van der Waals surface area contributed by atoms with Crippen molar-refractivity contribution in [3.63, 3.8) is 0 Å². The minimum absolute atomic E-state index is 0.0566. The molecule has 0 saturated carbocycles. The number of hydrogen-bond acceptors (Lipinski definition) is 6. The van der Waals surface area contributed by atoms with Crippen molar-refractivity contribution < 1.29 is 0 Å². The summed E-state index contributed by atoms with van der Waals surface area (Å²) in [6, 6.07) is 2.21. The van der Waals surface area contributed by atoms with Crippen LogP contribution in [0.2, 0.25) is 0 Å². The van der Waals surface area contributed by atoms with E-state index in [1.165, 1.54) is 16.4 Å². The largest absolute Gasteiger partial charge is 0.339 e. The highest BCUT2D eigenvalue weighted by molar-refractivity contribution is 7.99. The summed E-state index contributed by atoms with van der Waals surface area (Å²) in [5.74, 6) is 0. The van der Waals surface area contributed by atoms with E-state index in [4.69, 9.17) is 5.26 Å². The summed E-state index contributed by atoms with van der Waals surface area (Å²) in [5.41, 5.74) is -2.17. The number of nitriles is 1. The summed E-state index contributed by atoms with van der Waals surface area (Å²) in [4.78, 5) is 26.0. The minimum Gasteiger partial charge on any atom is -0.303 e. The van der Waals surface area contributed by atoms with Crippen LogP contribution in [0, 0.1) is 11.3 Å². The SMILES string of the molecule is CNC(C)(C#N)CC(C)Sc1nc(=O)c(=O)[nH]n1C. The maximum atomic E-state index is 11.2. The number of H-pyrrole nitrogens is 1. The first kappa shape index (κ1) is 15.5. The molecule has 0 amide bonds. The maximum Gasteiger partial charge on any atom is 0.339 e. The molecule has 8 heteroatoms. The van der Waals surface area contributed by atoms with Gasteiger partial charge in [-0.3, -0.25) is 19.4 Å². The molecule has 2 atom stereocenters. The predicted molar refractivity (Wildman–Crippen MR) is 73.1 cm³/mol. The van der Waals surface area contributed by atoms with E-state index in [0.29, 0.717) is 11.6 Å². The van der Waals surface area contributed by atoms with E-state index in [9.17, 15) is 9.59 Å². The first-order valence-electron chi connectivity index (χ1n) is 5.75. The number of aryl methyl sites for hydroxylation is 1. The quantitative estimate of drug-likeness (QED) is 0.575. The molecule has 0 fully saturated rings. The first-order chi connectivity index (χ1) is 8.81. The summed E-state index contributed by atoms with van der Waals surface area (Å²) in [7, 11) is 3.35. The van der Waals surface area contributed by atoms with Crippen LogP contribution in [-0.4, -0.2) is 32.6 Å². The second kappa shape index (κ2) is 6.04. The van der Waals surface area contributed by atoms with Gasteiger partial charge in [0.15, 0.2) is 5.16 Å². The normalized spacial score (nSPS) is 15.5. The minimum atomic E-state index is -0.801. The van der Waals surface area contributed by atoms with Gasteiger partial charge < -0.3 is 5.32 Å². The number of thioether (sulfide) groups is 1. The Morgan fingerprint density at radius 2 is 2.26 bits per heavy atom. The van der Waals surface area contributed by atoms with Gasteiger partial charge in [0, 0.05) is 12.3 Å². The molecule has 7 nitrogen and oxygen atoms in total. The van der Waals surface area contributed by atoms with Crippen molar-refractivity contribution in [1.29, 1.82) is 5.26 Å². The first-order valence-corrected chi connectivity index (χ1v) is 6.63. The third-order valence-electron chi connectivity index (χ3n) is 2.75. The zero-order chi connectivity index (χ0) is 14.6. The molecule has 0 aliphatic carbocycles. The lowest BCUT2D eigenvalue weighted by Gasteiger charge is -2.24. The van der Waals surface area contributed by atoms with Crippen molar-refractivity contribution in [2.75, 3.05) is 7.05 Å². The number of nitrogens with zero attached hydrogens (tertiary/aromatic N) is 3. The fraction of sp³-hybridized carbons (Fsp3) is 0.636. The number of hydrogen-bond donors (Lipinski definition) is 2. The van der Waals surface area contributed by atoms with Crippen molar-refractivity contribution in [3.05, 3.63) is 20.7 Å². The Hall–Kier alpha value is -1.59. The van der Waals surface area contributed by atoms with Crippen molar-refractivity contribution in [3.8, 4) is 6.07 Å². The van der Waals surface area contributed by atoms with Crippen LogP contribution in [0.5, 0.6) is 0 Å². The van der Waals surface area contributed by atoms with Gasteiger partial charge in [-0.05, 0) is 20.4 Å². The van der Waals surface area contributed by atoms with Crippen LogP contribution >= 0.6 is 11.8 Å². The van der Waals surface area contributed by atoms with Gasteiger partial charge in [0.25, 0.3) is 0 Å². The lowest BCUT2D eigenvalue weighted by atomic mass is 9.98. The number of rotatable bonds is 5. The lowest BCUT2D eigenvalue weighted by Crippen LogP contribution is -2.40. The highest BCUT2D eigenvalue weighted by atomic mass is 32.2. The average molecular weight is 283 g/mol. The van der Waals surface area contributed by atoms with Gasteiger partial charge in [-0.15, -0.1) is 0 Å². The zero-order valence-corrected chi connectivity index (χ0v) is 12.2. The molecule has 19 heavy (non-hydrogen) atoms. The van der Waals surface area contributed by atoms with E-state index < -0.39 is 16.7 Å². The highest BCUT2D eigenvalue weighted by Crippen LogP contribution is 2.25. The van der Waals surface area contributed by atoms with E-state index in [-0.39, 0.29) is 5.25 Å². The molecule has 0 bridgehead atoms. The zero-order valence-electron chi connectivity index (χ0n) is 11.4. The summed E-state index contributed by atoms with van der Waals surface area (Å²) >= 11 is 1.34. The Morgan fingerprint density at radius 3 is 2.79 bits per heavy atom. The second-order valence-electron chi connectivity index (χ2n) is 4.53. The van der Waals surface area contributed by atoms with Gasteiger partial charge in [-0.2, -0.15) is 10.2 Å². The molecule has 2 N–H and O–H groups in total. The molecule has 0 aromatic carbocycles.